The molecule has 0 bridgehead atoms. The molecule has 0 radical (unpaired) electrons. The first-order valence-corrected chi connectivity index (χ1v) is 9.70. The quantitative estimate of drug-likeness (QED) is 0.326. The van der Waals surface area contributed by atoms with E-state index in [1.807, 2.05) is 0 Å². The van der Waals surface area contributed by atoms with Crippen LogP contribution in [0, 0.1) is 15.4 Å². The van der Waals surface area contributed by atoms with Gasteiger partial charge in [-0.15, -0.1) is 5.92 Å². The number of aromatic nitrogens is 1. The van der Waals surface area contributed by atoms with Gasteiger partial charge in [0.2, 0.25) is 0 Å². The highest BCUT2D eigenvalue weighted by Crippen LogP contribution is 2.34. The van der Waals surface area contributed by atoms with Crippen LogP contribution in [0.5, 0.6) is 0 Å². The zero-order chi connectivity index (χ0) is 18.8. The van der Waals surface area contributed by atoms with Crippen molar-refractivity contribution in [3.63, 3.8) is 0 Å². The molecule has 2 aromatic heterocycles. The molecular weight excluding hydrogens is 522 g/mol. The van der Waals surface area contributed by atoms with E-state index in [4.69, 9.17) is 20.8 Å². The van der Waals surface area contributed by atoms with E-state index in [0.29, 0.717) is 32.9 Å². The Kier molecular flexibility index (Phi) is 6.62. The molecule has 0 unspecified atom stereocenters. The van der Waals surface area contributed by atoms with Gasteiger partial charge >= 0.3 is 6.09 Å². The largest absolute Gasteiger partial charge is 0.457 e. The summed E-state index contributed by atoms with van der Waals surface area (Å²) in [5.74, 6) is 6.40. The van der Waals surface area contributed by atoms with Gasteiger partial charge in [-0.05, 0) is 72.3 Å². The van der Waals surface area contributed by atoms with Gasteiger partial charge in [-0.1, -0.05) is 17.5 Å². The molecule has 0 spiro atoms. The second-order valence-electron chi connectivity index (χ2n) is 6.24. The lowest BCUT2D eigenvalue weighted by atomic mass is 10.1. The van der Waals surface area contributed by atoms with Gasteiger partial charge in [0.05, 0.1) is 8.04 Å². The smallest absolute Gasteiger partial charge is 0.408 e. The standard InChI is InChI=1S/C17H17BrClIN2O3/c1-5-6-9(21-16(23)25-17(2,3)4)7-11-13(18)14-15(24-11)10(20)8-12(19)22-14/h8-9H,7H2,1-4H3,(H,21,23)/t9-/m0/s1. The Morgan fingerprint density at radius 1 is 1.56 bits per heavy atom. The van der Waals surface area contributed by atoms with Crippen LogP contribution in [0.3, 0.4) is 0 Å². The van der Waals surface area contributed by atoms with Gasteiger partial charge in [0.15, 0.2) is 5.58 Å². The molecule has 8 heteroatoms. The second kappa shape index (κ2) is 8.14. The van der Waals surface area contributed by atoms with Gasteiger partial charge in [0, 0.05) is 6.42 Å². The Bertz CT molecular complexity index is 865. The minimum absolute atomic E-state index is 0.366. The molecular formula is C17H17BrClIN2O3. The van der Waals surface area contributed by atoms with Crippen LogP contribution in [0.25, 0.3) is 11.1 Å². The highest BCUT2D eigenvalue weighted by atomic mass is 127. The molecule has 2 heterocycles. The van der Waals surface area contributed by atoms with Gasteiger partial charge in [-0.2, -0.15) is 0 Å². The van der Waals surface area contributed by atoms with E-state index in [-0.39, 0.29) is 0 Å². The summed E-state index contributed by atoms with van der Waals surface area (Å²) < 4.78 is 12.8. The monoisotopic (exact) mass is 538 g/mol. The van der Waals surface area contributed by atoms with Gasteiger partial charge in [-0.3, -0.25) is 0 Å². The predicted molar refractivity (Wildman–Crippen MR) is 110 cm³/mol. The number of fused-ring (bicyclic) bond motifs is 1. The molecule has 0 aliphatic heterocycles. The number of furan rings is 1. The fourth-order valence-electron chi connectivity index (χ4n) is 2.10. The fourth-order valence-corrected chi connectivity index (χ4v) is 3.65. The molecule has 2 rings (SSSR count). The van der Waals surface area contributed by atoms with Crippen molar-refractivity contribution in [2.75, 3.05) is 0 Å². The molecule has 2 aromatic rings. The van der Waals surface area contributed by atoms with Crippen molar-refractivity contribution in [2.24, 2.45) is 0 Å². The van der Waals surface area contributed by atoms with Crippen LogP contribution in [0.15, 0.2) is 15.0 Å². The number of amides is 1. The molecule has 0 saturated carbocycles. The third kappa shape index (κ3) is 5.50. The van der Waals surface area contributed by atoms with Crippen LogP contribution in [-0.2, 0) is 11.2 Å². The first-order valence-electron chi connectivity index (χ1n) is 7.45. The van der Waals surface area contributed by atoms with Gasteiger partial charge in [0.25, 0.3) is 0 Å². The molecule has 1 amide bonds. The van der Waals surface area contributed by atoms with Crippen molar-refractivity contribution in [3.05, 3.63) is 25.0 Å². The van der Waals surface area contributed by atoms with E-state index in [0.717, 1.165) is 3.57 Å². The third-order valence-corrected chi connectivity index (χ3v) is 4.79. The molecule has 1 N–H and O–H groups in total. The number of nitrogens with one attached hydrogen (secondary N) is 1. The molecule has 0 saturated heterocycles. The van der Waals surface area contributed by atoms with E-state index >= 15 is 0 Å². The Morgan fingerprint density at radius 2 is 2.24 bits per heavy atom. The van der Waals surface area contributed by atoms with E-state index in [1.165, 1.54) is 0 Å². The average molecular weight is 540 g/mol. The fraction of sp³-hybridized carbons (Fsp3) is 0.412. The summed E-state index contributed by atoms with van der Waals surface area (Å²) in [6.07, 6.45) is -0.159. The van der Waals surface area contributed by atoms with Crippen molar-refractivity contribution < 1.29 is 13.9 Å². The number of ether oxygens (including phenoxy) is 1. The molecule has 0 aliphatic rings. The molecule has 0 fully saturated rings. The van der Waals surface area contributed by atoms with E-state index in [2.05, 4.69) is 60.7 Å². The lowest BCUT2D eigenvalue weighted by Crippen LogP contribution is -2.39. The normalized spacial score (nSPS) is 12.4. The SMILES string of the molecule is CC#C[C@@H](Cc1oc2c(I)cc(Cl)nc2c1Br)NC(=O)OC(C)(C)C. The third-order valence-electron chi connectivity index (χ3n) is 2.97. The van der Waals surface area contributed by atoms with Gasteiger partial charge in [0.1, 0.15) is 28.1 Å². The number of alkyl carbamates (subject to hydrolysis) is 1. The Labute approximate surface area is 173 Å². The lowest BCUT2D eigenvalue weighted by molar-refractivity contribution is 0.0515. The van der Waals surface area contributed by atoms with Crippen LogP contribution in [0.4, 0.5) is 4.79 Å². The van der Waals surface area contributed by atoms with Gasteiger partial charge in [-0.25, -0.2) is 9.78 Å². The maximum Gasteiger partial charge on any atom is 0.408 e. The molecule has 1 atom stereocenters. The van der Waals surface area contributed by atoms with Crippen LogP contribution < -0.4 is 5.32 Å². The number of pyridine rings is 1. The lowest BCUT2D eigenvalue weighted by Gasteiger charge is -2.21. The Morgan fingerprint density at radius 3 is 2.84 bits per heavy atom. The molecule has 25 heavy (non-hydrogen) atoms. The van der Waals surface area contributed by atoms with Crippen LogP contribution in [-0.4, -0.2) is 22.7 Å². The number of carbonyl (C=O) groups is 1. The van der Waals surface area contributed by atoms with Gasteiger partial charge < -0.3 is 14.5 Å². The summed E-state index contributed by atoms with van der Waals surface area (Å²) >= 11 is 11.7. The first-order chi connectivity index (χ1) is 11.6. The number of hydrogen-bond acceptors (Lipinski definition) is 4. The average Bonchev–Trinajstić information content (AvgIpc) is 2.75. The van der Waals surface area contributed by atoms with Crippen LogP contribution >= 0.6 is 50.1 Å². The highest BCUT2D eigenvalue weighted by Gasteiger charge is 2.22. The number of nitrogens with zero attached hydrogens (tertiary/aromatic N) is 1. The number of halogens is 3. The summed E-state index contributed by atoms with van der Waals surface area (Å²) in [6, 6.07) is 1.27. The number of carbonyl (C=O) groups excluding carboxylic acids is 1. The van der Waals surface area contributed by atoms with Crippen LogP contribution in [0.2, 0.25) is 5.15 Å². The Hall–Kier alpha value is -0.980. The zero-order valence-corrected chi connectivity index (χ0v) is 18.7. The van der Waals surface area contributed by atoms with Crippen molar-refractivity contribution in [1.29, 1.82) is 0 Å². The Balaban J connectivity index is 2.26. The molecule has 5 nitrogen and oxygen atoms in total. The number of hydrogen-bond donors (Lipinski definition) is 1. The van der Waals surface area contributed by atoms with Crippen molar-refractivity contribution in [2.45, 2.75) is 45.8 Å². The molecule has 134 valence electrons. The van der Waals surface area contributed by atoms with Crippen molar-refractivity contribution >= 4 is 67.3 Å². The van der Waals surface area contributed by atoms with Crippen LogP contribution in [0.1, 0.15) is 33.5 Å². The first kappa shape index (κ1) is 20.3. The molecule has 0 aliphatic carbocycles. The highest BCUT2D eigenvalue weighted by molar-refractivity contribution is 14.1. The number of rotatable bonds is 3. The summed E-state index contributed by atoms with van der Waals surface area (Å²) in [5.41, 5.74) is 0.713. The maximum absolute atomic E-state index is 12.0. The van der Waals surface area contributed by atoms with Crippen molar-refractivity contribution in [1.82, 2.24) is 10.3 Å². The maximum atomic E-state index is 12.0. The summed E-state index contributed by atoms with van der Waals surface area (Å²) in [7, 11) is 0. The predicted octanol–water partition coefficient (Wildman–Crippen LogP) is 5.31. The topological polar surface area (TPSA) is 64.4 Å². The molecule has 0 aromatic carbocycles. The van der Waals surface area contributed by atoms with Crippen molar-refractivity contribution in [3.8, 4) is 11.8 Å². The van der Waals surface area contributed by atoms with E-state index in [9.17, 15) is 4.79 Å². The second-order valence-corrected chi connectivity index (χ2v) is 8.58. The minimum Gasteiger partial charge on any atom is -0.457 e. The summed E-state index contributed by atoms with van der Waals surface area (Å²) in [5, 5.41) is 3.15. The minimum atomic E-state index is -0.578. The summed E-state index contributed by atoms with van der Waals surface area (Å²) in [6.45, 7) is 7.13. The zero-order valence-electron chi connectivity index (χ0n) is 14.2. The van der Waals surface area contributed by atoms with E-state index in [1.54, 1.807) is 33.8 Å². The summed E-state index contributed by atoms with van der Waals surface area (Å²) in [4.78, 5) is 16.3. The van der Waals surface area contributed by atoms with E-state index < -0.39 is 17.7 Å².